The van der Waals surface area contributed by atoms with Gasteiger partial charge in [0.25, 0.3) is 5.91 Å². The largest absolute Gasteiger partial charge is 0.416 e. The van der Waals surface area contributed by atoms with Gasteiger partial charge in [0, 0.05) is 13.1 Å². The second-order valence-corrected chi connectivity index (χ2v) is 6.00. The number of ether oxygens (including phenoxy) is 1. The van der Waals surface area contributed by atoms with Gasteiger partial charge in [-0.25, -0.2) is 0 Å². The Labute approximate surface area is 135 Å². The molecular weight excluding hydrogens is 329 g/mol. The van der Waals surface area contributed by atoms with Crippen molar-refractivity contribution in [3.8, 4) is 0 Å². The number of amides is 1. The van der Waals surface area contributed by atoms with E-state index in [4.69, 9.17) is 4.74 Å². The Kier molecular flexibility index (Phi) is 4.45. The Balaban J connectivity index is 1.84. The number of benzene rings is 1. The lowest BCUT2D eigenvalue weighted by atomic mass is 10.1. The molecule has 1 saturated heterocycles. The van der Waals surface area contributed by atoms with Gasteiger partial charge in [-0.3, -0.25) is 4.79 Å². The summed E-state index contributed by atoms with van der Waals surface area (Å²) in [4.78, 5) is 18.0. The number of morpholine rings is 1. The van der Waals surface area contributed by atoms with Crippen LogP contribution in [0.15, 0.2) is 34.2 Å². The van der Waals surface area contributed by atoms with Crippen LogP contribution in [-0.4, -0.2) is 42.3 Å². The molecule has 1 amide bonds. The van der Waals surface area contributed by atoms with Crippen molar-refractivity contribution >= 4 is 28.9 Å². The molecule has 1 aromatic carbocycles. The number of nitrogens with zero attached hydrogens (tertiary/aromatic N) is 2. The molecule has 8 heteroatoms. The molecule has 2 aliphatic heterocycles. The molecule has 0 atom stereocenters. The Morgan fingerprint density at radius 3 is 2.61 bits per heavy atom. The van der Waals surface area contributed by atoms with Crippen LogP contribution in [0.5, 0.6) is 0 Å². The van der Waals surface area contributed by atoms with Crippen LogP contribution < -0.4 is 0 Å². The van der Waals surface area contributed by atoms with Gasteiger partial charge in [0.05, 0.1) is 23.7 Å². The van der Waals surface area contributed by atoms with Crippen LogP contribution in [0.1, 0.15) is 11.1 Å². The highest BCUT2D eigenvalue weighted by Gasteiger charge is 2.33. The summed E-state index contributed by atoms with van der Waals surface area (Å²) < 4.78 is 44.3. The number of amidine groups is 1. The predicted molar refractivity (Wildman–Crippen MR) is 81.8 cm³/mol. The van der Waals surface area contributed by atoms with E-state index < -0.39 is 17.6 Å². The lowest BCUT2D eigenvalue weighted by molar-refractivity contribution is -0.137. The van der Waals surface area contributed by atoms with E-state index in [0.717, 1.165) is 17.8 Å². The average molecular weight is 342 g/mol. The van der Waals surface area contributed by atoms with Gasteiger partial charge in [0.15, 0.2) is 5.17 Å². The Morgan fingerprint density at radius 2 is 1.91 bits per heavy atom. The highest BCUT2D eigenvalue weighted by Crippen LogP contribution is 2.36. The highest BCUT2D eigenvalue weighted by atomic mass is 32.2. The fourth-order valence-corrected chi connectivity index (χ4v) is 3.27. The first-order valence-corrected chi connectivity index (χ1v) is 7.78. The molecule has 0 aliphatic carbocycles. The van der Waals surface area contributed by atoms with Gasteiger partial charge in [-0.15, -0.1) is 0 Å². The van der Waals surface area contributed by atoms with Crippen molar-refractivity contribution in [2.24, 2.45) is 4.99 Å². The summed E-state index contributed by atoms with van der Waals surface area (Å²) in [6, 6.07) is 5.18. The molecule has 0 spiro atoms. The summed E-state index contributed by atoms with van der Waals surface area (Å²) in [5.41, 5.74) is -0.796. The van der Waals surface area contributed by atoms with E-state index in [1.807, 2.05) is 4.90 Å². The number of hydrogen-bond donors (Lipinski definition) is 0. The quantitative estimate of drug-likeness (QED) is 0.736. The molecule has 0 unspecified atom stereocenters. The minimum atomic E-state index is -4.46. The minimum absolute atomic E-state index is 0.0331. The summed E-state index contributed by atoms with van der Waals surface area (Å²) in [6.07, 6.45) is -3.21. The number of rotatable bonds is 1. The topological polar surface area (TPSA) is 41.9 Å². The van der Waals surface area contributed by atoms with Gasteiger partial charge < -0.3 is 9.64 Å². The van der Waals surface area contributed by atoms with E-state index >= 15 is 0 Å². The van der Waals surface area contributed by atoms with Crippen molar-refractivity contribution in [1.29, 1.82) is 0 Å². The smallest absolute Gasteiger partial charge is 0.378 e. The van der Waals surface area contributed by atoms with Gasteiger partial charge in [0.2, 0.25) is 0 Å². The second kappa shape index (κ2) is 6.37. The number of alkyl halides is 3. The van der Waals surface area contributed by atoms with Gasteiger partial charge in [0.1, 0.15) is 0 Å². The van der Waals surface area contributed by atoms with Crippen LogP contribution in [-0.2, 0) is 15.7 Å². The third-order valence-electron chi connectivity index (χ3n) is 3.44. The molecule has 2 aliphatic rings. The van der Waals surface area contributed by atoms with E-state index in [0.29, 0.717) is 31.5 Å². The molecule has 23 heavy (non-hydrogen) atoms. The average Bonchev–Trinajstić information content (AvgIpc) is 2.89. The van der Waals surface area contributed by atoms with Crippen molar-refractivity contribution < 1.29 is 22.7 Å². The number of carbonyl (C=O) groups excluding carboxylic acids is 1. The monoisotopic (exact) mass is 342 g/mol. The van der Waals surface area contributed by atoms with Crippen LogP contribution >= 0.6 is 11.8 Å². The first kappa shape index (κ1) is 16.1. The van der Waals surface area contributed by atoms with Crippen LogP contribution in [0.2, 0.25) is 0 Å². The van der Waals surface area contributed by atoms with Gasteiger partial charge in [-0.2, -0.15) is 18.2 Å². The molecule has 0 N–H and O–H groups in total. The minimum Gasteiger partial charge on any atom is -0.378 e. The second-order valence-electron chi connectivity index (χ2n) is 4.99. The summed E-state index contributed by atoms with van der Waals surface area (Å²) >= 11 is 1.10. The summed E-state index contributed by atoms with van der Waals surface area (Å²) in [6.45, 7) is 2.32. The zero-order valence-electron chi connectivity index (χ0n) is 12.0. The zero-order chi connectivity index (χ0) is 16.4. The first-order chi connectivity index (χ1) is 10.9. The summed E-state index contributed by atoms with van der Waals surface area (Å²) in [5.74, 6) is -0.506. The summed E-state index contributed by atoms with van der Waals surface area (Å²) in [5, 5.41) is 0.522. The fraction of sp³-hybridized carbons (Fsp3) is 0.333. The molecule has 3 rings (SSSR count). The lowest BCUT2D eigenvalue weighted by Gasteiger charge is -2.27. The number of thioether (sulfide) groups is 1. The van der Waals surface area contributed by atoms with Gasteiger partial charge in [-0.05, 0) is 29.5 Å². The molecule has 0 bridgehead atoms. The van der Waals surface area contributed by atoms with Crippen molar-refractivity contribution in [2.45, 2.75) is 6.18 Å². The van der Waals surface area contributed by atoms with Crippen LogP contribution in [0.25, 0.3) is 6.08 Å². The normalized spacial score (nSPS) is 21.0. The van der Waals surface area contributed by atoms with Crippen molar-refractivity contribution in [3.63, 3.8) is 0 Å². The lowest BCUT2D eigenvalue weighted by Crippen LogP contribution is -2.38. The van der Waals surface area contributed by atoms with Crippen LogP contribution in [0, 0.1) is 0 Å². The molecule has 122 valence electrons. The molecule has 0 saturated carbocycles. The van der Waals surface area contributed by atoms with E-state index in [-0.39, 0.29) is 10.5 Å². The van der Waals surface area contributed by atoms with Gasteiger partial charge in [-0.1, -0.05) is 18.2 Å². The van der Waals surface area contributed by atoms with E-state index in [1.165, 1.54) is 24.3 Å². The maximum absolute atomic E-state index is 13.0. The van der Waals surface area contributed by atoms with E-state index in [9.17, 15) is 18.0 Å². The zero-order valence-corrected chi connectivity index (χ0v) is 12.8. The Bertz CT molecular complexity index is 680. The SMILES string of the molecule is O=C1N=C(N2CCOCC2)SC1=Cc1ccccc1C(F)(F)F. The van der Waals surface area contributed by atoms with Crippen LogP contribution in [0.4, 0.5) is 13.2 Å². The molecule has 1 aromatic rings. The highest BCUT2D eigenvalue weighted by molar-refractivity contribution is 8.18. The third-order valence-corrected chi connectivity index (χ3v) is 4.49. The maximum atomic E-state index is 13.0. The Morgan fingerprint density at radius 1 is 1.22 bits per heavy atom. The van der Waals surface area contributed by atoms with Crippen molar-refractivity contribution in [3.05, 3.63) is 40.3 Å². The van der Waals surface area contributed by atoms with E-state index in [2.05, 4.69) is 4.99 Å². The third kappa shape index (κ3) is 3.59. The predicted octanol–water partition coefficient (Wildman–Crippen LogP) is 3.01. The molecule has 4 nitrogen and oxygen atoms in total. The number of hydrogen-bond acceptors (Lipinski definition) is 4. The van der Waals surface area contributed by atoms with Crippen molar-refractivity contribution in [2.75, 3.05) is 26.3 Å². The molecular formula is C15H13F3N2O2S. The Hall–Kier alpha value is -1.80. The molecule has 1 fully saturated rings. The molecule has 2 heterocycles. The number of carbonyl (C=O) groups is 1. The first-order valence-electron chi connectivity index (χ1n) is 6.96. The van der Waals surface area contributed by atoms with Crippen molar-refractivity contribution in [1.82, 2.24) is 4.90 Å². The molecule has 0 aromatic heterocycles. The maximum Gasteiger partial charge on any atom is 0.416 e. The summed E-state index contributed by atoms with van der Waals surface area (Å²) in [7, 11) is 0. The van der Waals surface area contributed by atoms with Crippen LogP contribution in [0.3, 0.4) is 0 Å². The van der Waals surface area contributed by atoms with E-state index in [1.54, 1.807) is 0 Å². The number of halogens is 3. The number of aliphatic imine (C=N–C) groups is 1. The fourth-order valence-electron chi connectivity index (χ4n) is 2.31. The molecule has 0 radical (unpaired) electrons. The van der Waals surface area contributed by atoms with Gasteiger partial charge >= 0.3 is 6.18 Å². The standard InChI is InChI=1S/C15H13F3N2O2S/c16-15(17,18)11-4-2-1-3-10(11)9-12-13(21)19-14(23-12)20-5-7-22-8-6-20/h1-4,9H,5-8H2.